The summed E-state index contributed by atoms with van der Waals surface area (Å²) in [5.41, 5.74) is 0. The maximum atomic E-state index is 8.74. The minimum absolute atomic E-state index is 1.38. The van der Waals surface area contributed by atoms with E-state index in [1.165, 1.54) is 141 Å². The van der Waals surface area contributed by atoms with Gasteiger partial charge in [-0.25, -0.2) is 0 Å². The van der Waals surface area contributed by atoms with Gasteiger partial charge in [0.05, 0.1) is 0 Å². The quantitative estimate of drug-likeness (QED) is 0.168. The van der Waals surface area contributed by atoms with Crippen molar-refractivity contribution in [2.24, 2.45) is 0 Å². The Morgan fingerprint density at radius 2 is 0.760 bits per heavy atom. The van der Waals surface area contributed by atoms with Crippen LogP contribution in [0, 0.1) is 0 Å². The molecule has 0 atom stereocenters. The van der Waals surface area contributed by atoms with Crippen LogP contribution in [0.3, 0.4) is 0 Å². The van der Waals surface area contributed by atoms with E-state index in [-0.39, 0.29) is 0 Å². The summed E-state index contributed by atoms with van der Waals surface area (Å²) in [4.78, 5) is 0. The average Bonchev–Trinajstić information content (AvgIpc) is 2.53. The van der Waals surface area contributed by atoms with Crippen molar-refractivity contribution in [2.45, 2.75) is 120 Å². The minimum atomic E-state index is -4.67. The SMILES string of the molecule is CCCCCCCCCCCCCCCCCC[CH2][Na].O=S(=O)(O)O. The third-order valence-electron chi connectivity index (χ3n) is 4.46. The third-order valence-corrected chi connectivity index (χ3v) is 5.16. The molecule has 0 aliphatic rings. The Morgan fingerprint density at radius 1 is 0.560 bits per heavy atom. The zero-order valence-corrected chi connectivity index (χ0v) is 19.7. The van der Waals surface area contributed by atoms with Gasteiger partial charge in [-0.05, 0) is 0 Å². The predicted octanol–water partition coefficient (Wildman–Crippen LogP) is 6.57. The Morgan fingerprint density at radius 3 is 0.960 bits per heavy atom. The Kier molecular flexibility index (Phi) is 25.7. The van der Waals surface area contributed by atoms with Gasteiger partial charge >= 0.3 is 113 Å². The van der Waals surface area contributed by atoms with Crippen molar-refractivity contribution in [3.8, 4) is 0 Å². The summed E-state index contributed by atoms with van der Waals surface area (Å²) >= 11 is 1.41. The van der Waals surface area contributed by atoms with E-state index in [4.69, 9.17) is 17.5 Å². The molecule has 0 bridgehead atoms. The van der Waals surface area contributed by atoms with Gasteiger partial charge in [-0.1, -0.05) is 45.4 Å². The summed E-state index contributed by atoms with van der Waals surface area (Å²) < 4.78 is 33.1. The molecular weight excluding hydrogens is 347 g/mol. The molecule has 2 N–H and O–H groups in total. The van der Waals surface area contributed by atoms with Gasteiger partial charge in [0.25, 0.3) is 0 Å². The van der Waals surface area contributed by atoms with Crippen LogP contribution in [0.15, 0.2) is 0 Å². The van der Waals surface area contributed by atoms with Crippen molar-refractivity contribution in [3.63, 3.8) is 0 Å². The van der Waals surface area contributed by atoms with Gasteiger partial charge in [-0.3, -0.25) is 9.11 Å². The maximum Gasteiger partial charge on any atom is 0.394 e. The van der Waals surface area contributed by atoms with Crippen molar-refractivity contribution in [3.05, 3.63) is 0 Å². The minimum Gasteiger partial charge on any atom is -0.264 e. The van der Waals surface area contributed by atoms with Gasteiger partial charge in [0, 0.05) is 0 Å². The summed E-state index contributed by atoms with van der Waals surface area (Å²) in [7, 11) is -4.67. The number of hydrogen-bond acceptors (Lipinski definition) is 2. The standard InChI is InChI=1S/C19H39.Na.H2O4S/c1-3-5-7-9-11-13-15-17-19-18-16-14-12-10-8-6-4-2;;1-5(2,3)4/h1,3-19H2,2H3;;(H2,1,2,3,4). The molecule has 0 fully saturated rings. The molecular formula is C19H41NaO4S. The van der Waals surface area contributed by atoms with Crippen LogP contribution in [0.5, 0.6) is 0 Å². The van der Waals surface area contributed by atoms with E-state index in [0.717, 1.165) is 0 Å². The molecule has 25 heavy (non-hydrogen) atoms. The number of rotatable bonds is 17. The molecule has 0 saturated heterocycles. The summed E-state index contributed by atoms with van der Waals surface area (Å²) in [6.07, 6.45) is 25.2. The molecule has 0 aliphatic carbocycles. The molecule has 0 aromatic heterocycles. The molecule has 0 radical (unpaired) electrons. The first-order valence-electron chi connectivity index (χ1n) is 10.6. The predicted molar refractivity (Wildman–Crippen MR) is 109 cm³/mol. The fourth-order valence-electron chi connectivity index (χ4n) is 2.97. The molecule has 0 heterocycles. The third kappa shape index (κ3) is 40.7. The fraction of sp³-hybridized carbons (Fsp3) is 1.00. The molecule has 0 unspecified atom stereocenters. The first kappa shape index (κ1) is 28.1. The first-order chi connectivity index (χ1) is 11.9. The Balaban J connectivity index is 0. The van der Waals surface area contributed by atoms with E-state index >= 15 is 0 Å². The molecule has 0 rings (SSSR count). The van der Waals surface area contributed by atoms with Gasteiger partial charge in [0.1, 0.15) is 0 Å². The van der Waals surface area contributed by atoms with Crippen molar-refractivity contribution in [1.82, 2.24) is 0 Å². The Hall–Kier alpha value is 0.870. The number of unbranched alkanes of at least 4 members (excludes halogenated alkanes) is 16. The van der Waals surface area contributed by atoms with Crippen molar-refractivity contribution >= 4 is 38.3 Å². The summed E-state index contributed by atoms with van der Waals surface area (Å²) in [5, 5.41) is 0. The molecule has 0 aromatic carbocycles. The topological polar surface area (TPSA) is 74.6 Å². The number of hydrogen-bond donors (Lipinski definition) is 2. The van der Waals surface area contributed by atoms with E-state index in [9.17, 15) is 0 Å². The maximum absolute atomic E-state index is 8.74. The van der Waals surface area contributed by atoms with Crippen LogP contribution in [0.2, 0.25) is 3.67 Å². The van der Waals surface area contributed by atoms with Crippen LogP contribution in [-0.2, 0) is 10.4 Å². The van der Waals surface area contributed by atoms with E-state index in [1.807, 2.05) is 0 Å². The first-order valence-corrected chi connectivity index (χ1v) is 13.4. The van der Waals surface area contributed by atoms with Crippen LogP contribution in [0.1, 0.15) is 116 Å². The zero-order valence-electron chi connectivity index (χ0n) is 16.8. The normalized spacial score (nSPS) is 11.2. The van der Waals surface area contributed by atoms with Gasteiger partial charge in [-0.15, -0.1) is 0 Å². The molecule has 0 amide bonds. The van der Waals surface area contributed by atoms with Crippen molar-refractivity contribution in [1.29, 1.82) is 0 Å². The van der Waals surface area contributed by atoms with E-state index < -0.39 is 10.4 Å². The Bertz CT molecular complexity index is 308. The van der Waals surface area contributed by atoms with Gasteiger partial charge in [0.2, 0.25) is 0 Å². The second kappa shape index (κ2) is 22.9. The second-order valence-corrected chi connectivity index (χ2v) is 9.00. The molecule has 6 heteroatoms. The average molecular weight is 389 g/mol. The molecule has 148 valence electrons. The van der Waals surface area contributed by atoms with E-state index in [1.54, 1.807) is 0 Å². The molecule has 0 aliphatic heterocycles. The fourth-order valence-corrected chi connectivity index (χ4v) is 3.47. The van der Waals surface area contributed by atoms with Crippen LogP contribution in [0.25, 0.3) is 0 Å². The summed E-state index contributed by atoms with van der Waals surface area (Å²) in [6, 6.07) is 0. The summed E-state index contributed by atoms with van der Waals surface area (Å²) in [5.74, 6) is 0. The van der Waals surface area contributed by atoms with Gasteiger partial charge in [-0.2, -0.15) is 8.42 Å². The van der Waals surface area contributed by atoms with E-state index in [2.05, 4.69) is 6.92 Å². The van der Waals surface area contributed by atoms with Gasteiger partial charge < -0.3 is 0 Å². The molecule has 0 saturated carbocycles. The molecule has 0 spiro atoms. The summed E-state index contributed by atoms with van der Waals surface area (Å²) in [6.45, 7) is 2.30. The van der Waals surface area contributed by atoms with Crippen molar-refractivity contribution in [2.75, 3.05) is 0 Å². The second-order valence-electron chi connectivity index (χ2n) is 7.10. The Labute approximate surface area is 174 Å². The van der Waals surface area contributed by atoms with Crippen LogP contribution >= 0.6 is 0 Å². The smallest absolute Gasteiger partial charge is 0.264 e. The van der Waals surface area contributed by atoms with Gasteiger partial charge in [0.15, 0.2) is 0 Å². The van der Waals surface area contributed by atoms with Crippen molar-refractivity contribution < 1.29 is 17.5 Å². The van der Waals surface area contributed by atoms with Crippen LogP contribution < -0.4 is 0 Å². The zero-order chi connectivity index (χ0) is 19.2. The van der Waals surface area contributed by atoms with E-state index in [0.29, 0.717) is 0 Å². The van der Waals surface area contributed by atoms with Crippen LogP contribution in [-0.4, -0.2) is 45.5 Å². The molecule has 0 aromatic rings. The monoisotopic (exact) mass is 388 g/mol. The molecule has 4 nitrogen and oxygen atoms in total. The van der Waals surface area contributed by atoms with Crippen LogP contribution in [0.4, 0.5) is 0 Å². The largest absolute Gasteiger partial charge is 0.394 e.